The molecular weight excluding hydrogens is 1630 g/mol. The zero-order valence-corrected chi connectivity index (χ0v) is 73.3. The number of fused-ring (bicyclic) bond motifs is 3. The normalized spacial score (nSPS) is 23.9. The van der Waals surface area contributed by atoms with Gasteiger partial charge in [-0.1, -0.05) is 143 Å². The highest BCUT2D eigenvalue weighted by Gasteiger charge is 2.44. The third kappa shape index (κ3) is 30.0. The molecule has 34 nitrogen and oxygen atoms in total. The highest BCUT2D eigenvalue weighted by atomic mass is 32.1. The molecule has 35 heteroatoms. The second kappa shape index (κ2) is 49.3. The van der Waals surface area contributed by atoms with Crippen molar-refractivity contribution in [2.45, 2.75) is 267 Å². The molecule has 19 N–H and O–H groups in total. The van der Waals surface area contributed by atoms with E-state index in [2.05, 4.69) is 73.1 Å². The number of thiophene rings is 1. The van der Waals surface area contributed by atoms with Crippen molar-refractivity contribution in [3.8, 4) is 0 Å². The SMILES string of the molecule is CC(=O)N[C@@H](Cc1ccccc1)C(=O)N[C@H]1CCCNC(=O)[C@H](CCCN=C(N)N)CC(=O)[C@H](Cc2cnc[nH]2)NC(=O)[C@@H](CC2CCCCC2)NC(=O)[C@@H]2CCCN2C1=O.CC(=O)N[C@@H](Cc1ccccc1)C(=O)N[C@H]1CCCNC(=O)[C@H](CCCN=C(N)N)CC(=O)[C@H](Cc2csc3ccccc23)NC(=O)[C@@H](CC2CCCCC2)NC(=O)[C@@H]2CCCN2C1=O. The van der Waals surface area contributed by atoms with E-state index in [9.17, 15) is 67.1 Å². The van der Waals surface area contributed by atoms with Gasteiger partial charge < -0.3 is 90.9 Å². The van der Waals surface area contributed by atoms with Crippen LogP contribution in [0.3, 0.4) is 0 Å². The van der Waals surface area contributed by atoms with E-state index in [-0.39, 0.29) is 158 Å². The van der Waals surface area contributed by atoms with Crippen LogP contribution < -0.4 is 76.1 Å². The molecular formula is C91H128N20O14S. The molecule has 0 radical (unpaired) electrons. The smallest absolute Gasteiger partial charge is 0.245 e. The Kier molecular flexibility index (Phi) is 37.8. The van der Waals surface area contributed by atoms with E-state index in [4.69, 9.17) is 22.9 Å². The van der Waals surface area contributed by atoms with Gasteiger partial charge in [0.2, 0.25) is 70.9 Å². The number of hydrogen-bond donors (Lipinski definition) is 15. The Morgan fingerprint density at radius 2 is 0.921 bits per heavy atom. The van der Waals surface area contributed by atoms with Gasteiger partial charge in [-0.15, -0.1) is 11.3 Å². The molecule has 0 unspecified atom stereocenters. The minimum atomic E-state index is -1.11. The van der Waals surface area contributed by atoms with Crippen LogP contribution in [0.1, 0.15) is 203 Å². The topological polar surface area (TPSA) is 523 Å². The number of nitrogens with one attached hydrogen (secondary N) is 11. The first-order valence-electron chi connectivity index (χ1n) is 44.9. The summed E-state index contributed by atoms with van der Waals surface area (Å²) < 4.78 is 1.04. The van der Waals surface area contributed by atoms with Gasteiger partial charge in [0.15, 0.2) is 23.5 Å². The third-order valence-electron chi connectivity index (χ3n) is 24.7. The van der Waals surface area contributed by atoms with Crippen LogP contribution in [-0.2, 0) is 92.8 Å². The molecule has 6 fully saturated rings. The van der Waals surface area contributed by atoms with Gasteiger partial charge in [0.1, 0.15) is 48.3 Å². The summed E-state index contributed by atoms with van der Waals surface area (Å²) in [6, 6.07) is 16.2. The van der Waals surface area contributed by atoms with E-state index in [1.165, 1.54) is 30.0 Å². The third-order valence-corrected chi connectivity index (χ3v) is 25.7. The van der Waals surface area contributed by atoms with Crippen molar-refractivity contribution < 1.29 is 67.1 Å². The van der Waals surface area contributed by atoms with Crippen molar-refractivity contribution in [1.82, 2.24) is 72.9 Å². The zero-order valence-electron chi connectivity index (χ0n) is 72.5. The number of nitrogens with zero attached hydrogens (tertiary/aromatic N) is 5. The lowest BCUT2D eigenvalue weighted by Gasteiger charge is -2.32. The summed E-state index contributed by atoms with van der Waals surface area (Å²) in [6.45, 7) is 3.84. The number of H-pyrrole nitrogens is 1. The Labute approximate surface area is 740 Å². The van der Waals surface area contributed by atoms with E-state index < -0.39 is 137 Å². The molecule has 126 heavy (non-hydrogen) atoms. The summed E-state index contributed by atoms with van der Waals surface area (Å²) in [5, 5.41) is 32.0. The molecule has 3 aromatic carbocycles. The standard InChI is InChI=1S/C48H65N9O7S.C43H63N11O7/c1-30(58)53-38(25-31-13-4-2-5-14-31)44(61)54-36-19-11-22-51-43(60)33(17-10-23-52-48(49)50)28-41(59)37(27-34-29-65-42-21-9-8-18-35(34)42)55-45(62)39(26-32-15-6-3-7-16-32)56-46(63)40-20-12-24-57(40)47(36)64;1-27(55)50-34(21-28-11-4-2-5-12-28)39(58)51-32-16-9-18-47-38(57)30(15-8-19-48-43(44)45)23-37(56)33(24-31-25-46-26-49-31)52-40(59)35(22-29-13-6-3-7-14-29)53-41(60)36-17-10-20-54(36)42(32)61/h2,4-5,8-9,13-14,18,21,29,32-33,36-40H,3,6-7,10-12,15-17,19-20,22-28H2,1H3,(H,51,60)(H,53,58)(H,54,61)(H,55,62)(H,56,63)(H4,49,50,52);2,4-5,11-12,25-26,29-30,32-36H,3,6-10,13-24H2,1H3,(H,46,49)(H,47,57)(H,50,55)(H,51,58)(H,52,59)(H,53,60)(H4,44,45,48)/t33-,36+,37+,38+,39-,40+;30-,32+,33+,34+,35-,36+/m11/s1. The lowest BCUT2D eigenvalue weighted by molar-refractivity contribution is -0.143. The maximum Gasteiger partial charge on any atom is 0.245 e. The second-order valence-corrected chi connectivity index (χ2v) is 35.3. The maximum absolute atomic E-state index is 14.6. The van der Waals surface area contributed by atoms with Crippen LogP contribution in [0, 0.1) is 23.7 Å². The Morgan fingerprint density at radius 1 is 0.492 bits per heavy atom. The summed E-state index contributed by atoms with van der Waals surface area (Å²) in [4.78, 5) is 214. The van der Waals surface area contributed by atoms with Crippen molar-refractivity contribution in [3.63, 3.8) is 0 Å². The summed E-state index contributed by atoms with van der Waals surface area (Å²) in [5.74, 6) is -7.83. The van der Waals surface area contributed by atoms with Gasteiger partial charge in [-0.05, 0) is 135 Å². The average molecular weight is 1760 g/mol. The summed E-state index contributed by atoms with van der Waals surface area (Å²) in [7, 11) is 0. The number of guanidine groups is 2. The molecule has 4 saturated heterocycles. The van der Waals surface area contributed by atoms with Crippen LogP contribution >= 0.6 is 11.3 Å². The maximum atomic E-state index is 14.6. The highest BCUT2D eigenvalue weighted by Crippen LogP contribution is 2.33. The molecule has 0 bridgehead atoms. The predicted molar refractivity (Wildman–Crippen MR) is 477 cm³/mol. The number of nitrogens with two attached hydrogens (primary N) is 4. The molecule has 2 aliphatic carbocycles. The highest BCUT2D eigenvalue weighted by molar-refractivity contribution is 7.17. The first-order valence-corrected chi connectivity index (χ1v) is 45.8. The number of aromatic nitrogens is 2. The number of aliphatic imine (C=N–C) groups is 2. The summed E-state index contributed by atoms with van der Waals surface area (Å²) >= 11 is 1.55. The Morgan fingerprint density at radius 3 is 1.35 bits per heavy atom. The molecule has 6 heterocycles. The molecule has 12 amide bonds. The average Bonchev–Trinajstić information content (AvgIpc) is 1.63. The molecule has 4 aliphatic heterocycles. The van der Waals surface area contributed by atoms with Gasteiger partial charge in [-0.3, -0.25) is 77.1 Å². The fourth-order valence-corrected chi connectivity index (χ4v) is 19.1. The van der Waals surface area contributed by atoms with Gasteiger partial charge in [0.05, 0.1) is 18.4 Å². The summed E-state index contributed by atoms with van der Waals surface area (Å²) in [6.07, 6.45) is 17.6. The van der Waals surface area contributed by atoms with Crippen LogP contribution in [-0.4, -0.2) is 214 Å². The fraction of sp³-hybridized carbons (Fsp3) is 0.571. The van der Waals surface area contributed by atoms with Gasteiger partial charge in [0, 0.05) is 120 Å². The number of amides is 12. The van der Waals surface area contributed by atoms with Gasteiger partial charge >= 0.3 is 0 Å². The predicted octanol–water partition coefficient (Wildman–Crippen LogP) is 3.80. The molecule has 12 atom stereocenters. The molecule has 5 aromatic rings. The number of Topliss-reactive ketones (excluding diaryl/α,β-unsaturated/α-hetero) is 2. The number of imidazole rings is 1. The second-order valence-electron chi connectivity index (χ2n) is 34.4. The van der Waals surface area contributed by atoms with E-state index in [0.29, 0.717) is 57.1 Å². The first-order chi connectivity index (χ1) is 60.7. The van der Waals surface area contributed by atoms with Crippen molar-refractivity contribution in [1.29, 1.82) is 0 Å². The summed E-state index contributed by atoms with van der Waals surface area (Å²) in [5.41, 5.74) is 25.3. The minimum absolute atomic E-state index is 0.0865. The van der Waals surface area contributed by atoms with E-state index in [1.54, 1.807) is 17.5 Å². The number of carbonyl (C=O) groups excluding carboxylic acids is 14. The van der Waals surface area contributed by atoms with E-state index in [1.807, 2.05) is 90.3 Å². The Bertz CT molecular complexity index is 4570. The fourth-order valence-electron chi connectivity index (χ4n) is 18.1. The van der Waals surface area contributed by atoms with Gasteiger partial charge in [-0.2, -0.15) is 0 Å². The van der Waals surface area contributed by atoms with E-state index in [0.717, 1.165) is 91.0 Å². The molecule has 11 rings (SSSR count). The zero-order chi connectivity index (χ0) is 90.0. The first kappa shape index (κ1) is 96.6. The largest absolute Gasteiger partial charge is 0.370 e. The molecule has 0 spiro atoms. The van der Waals surface area contributed by atoms with Crippen molar-refractivity contribution >= 4 is 116 Å². The van der Waals surface area contributed by atoms with Crippen LogP contribution in [0.25, 0.3) is 10.1 Å². The number of ketones is 2. The van der Waals surface area contributed by atoms with Crippen LogP contribution in [0.15, 0.2) is 113 Å². The molecule has 2 aromatic heterocycles. The lowest BCUT2D eigenvalue weighted by atomic mass is 9.84. The van der Waals surface area contributed by atoms with Crippen LogP contribution in [0.5, 0.6) is 0 Å². The van der Waals surface area contributed by atoms with Crippen molar-refractivity contribution in [2.24, 2.45) is 56.6 Å². The Hall–Kier alpha value is -11.7. The minimum Gasteiger partial charge on any atom is -0.370 e. The van der Waals surface area contributed by atoms with Crippen LogP contribution in [0.2, 0.25) is 0 Å². The monoisotopic (exact) mass is 1760 g/mol. The van der Waals surface area contributed by atoms with Crippen molar-refractivity contribution in [3.05, 3.63) is 125 Å². The Balaban J connectivity index is 0.000000264. The quantitative estimate of drug-likeness (QED) is 0.0213. The van der Waals surface area contributed by atoms with Gasteiger partial charge in [0.25, 0.3) is 0 Å². The number of aromatic amines is 1. The van der Waals surface area contributed by atoms with Crippen LogP contribution in [0.4, 0.5) is 0 Å². The lowest BCUT2D eigenvalue weighted by Crippen LogP contribution is -2.59. The molecule has 2 saturated carbocycles. The molecule has 682 valence electrons. The van der Waals surface area contributed by atoms with Gasteiger partial charge in [-0.25, -0.2) is 4.98 Å². The molecule has 6 aliphatic rings. The van der Waals surface area contributed by atoms with Crippen molar-refractivity contribution in [2.75, 3.05) is 39.3 Å². The number of benzene rings is 3. The number of carbonyl (C=O) groups is 14. The number of hydrogen-bond acceptors (Lipinski definition) is 18. The number of rotatable bonds is 26. The van der Waals surface area contributed by atoms with E-state index >= 15 is 0 Å².